The Bertz CT molecular complexity index is 620. The Morgan fingerprint density at radius 2 is 1.65 bits per heavy atom. The third kappa shape index (κ3) is 5.02. The second-order valence-corrected chi connectivity index (χ2v) is 5.35. The highest BCUT2D eigenvalue weighted by Gasteiger charge is 2.10. The normalized spacial score (nSPS) is 11.6. The SMILES string of the molecule is CCc1ccc(OCC(=O)N[C@H](C)c2ccc(OC)cc2)cc1. The van der Waals surface area contributed by atoms with Crippen molar-refractivity contribution in [1.82, 2.24) is 5.32 Å². The van der Waals surface area contributed by atoms with Crippen molar-refractivity contribution < 1.29 is 14.3 Å². The molecule has 0 saturated carbocycles. The Kier molecular flexibility index (Phi) is 6.03. The lowest BCUT2D eigenvalue weighted by Crippen LogP contribution is -2.31. The summed E-state index contributed by atoms with van der Waals surface area (Å²) in [6.07, 6.45) is 0.986. The first-order valence-electron chi connectivity index (χ1n) is 7.77. The molecule has 0 aliphatic carbocycles. The summed E-state index contributed by atoms with van der Waals surface area (Å²) in [5.74, 6) is 1.36. The highest BCUT2D eigenvalue weighted by Crippen LogP contribution is 2.17. The molecule has 2 rings (SSSR count). The van der Waals surface area contributed by atoms with Gasteiger partial charge in [0, 0.05) is 0 Å². The van der Waals surface area contributed by atoms with Crippen LogP contribution in [0.15, 0.2) is 48.5 Å². The van der Waals surface area contributed by atoms with Crippen molar-refractivity contribution in [3.8, 4) is 11.5 Å². The zero-order valence-electron chi connectivity index (χ0n) is 13.8. The van der Waals surface area contributed by atoms with Crippen LogP contribution >= 0.6 is 0 Å². The lowest BCUT2D eigenvalue weighted by atomic mass is 10.1. The van der Waals surface area contributed by atoms with Crippen LogP contribution in [-0.4, -0.2) is 19.6 Å². The monoisotopic (exact) mass is 313 g/mol. The van der Waals surface area contributed by atoms with E-state index in [4.69, 9.17) is 9.47 Å². The van der Waals surface area contributed by atoms with Crippen LogP contribution in [0, 0.1) is 0 Å². The maximum Gasteiger partial charge on any atom is 0.258 e. The van der Waals surface area contributed by atoms with Gasteiger partial charge in [0.25, 0.3) is 5.91 Å². The first-order valence-corrected chi connectivity index (χ1v) is 7.77. The zero-order valence-corrected chi connectivity index (χ0v) is 13.8. The molecule has 0 bridgehead atoms. The maximum atomic E-state index is 12.0. The standard InChI is InChI=1S/C19H23NO3/c1-4-15-5-9-18(10-6-15)23-13-19(21)20-14(2)16-7-11-17(22-3)12-8-16/h5-12,14H,4,13H2,1-3H3,(H,20,21)/t14-/m1/s1. The average Bonchev–Trinajstić information content (AvgIpc) is 2.60. The summed E-state index contributed by atoms with van der Waals surface area (Å²) in [5.41, 5.74) is 2.27. The molecule has 1 N–H and O–H groups in total. The van der Waals surface area contributed by atoms with E-state index in [1.54, 1.807) is 7.11 Å². The van der Waals surface area contributed by atoms with Gasteiger partial charge in [-0.05, 0) is 48.7 Å². The number of amides is 1. The molecule has 4 nitrogen and oxygen atoms in total. The number of methoxy groups -OCH3 is 1. The van der Waals surface area contributed by atoms with E-state index in [1.807, 2.05) is 55.5 Å². The van der Waals surface area contributed by atoms with E-state index >= 15 is 0 Å². The van der Waals surface area contributed by atoms with Gasteiger partial charge in [0.15, 0.2) is 6.61 Å². The molecule has 2 aromatic carbocycles. The molecule has 2 aromatic rings. The predicted octanol–water partition coefficient (Wildman–Crippen LogP) is 3.51. The number of hydrogen-bond acceptors (Lipinski definition) is 3. The summed E-state index contributed by atoms with van der Waals surface area (Å²) in [5, 5.41) is 2.92. The molecule has 1 amide bonds. The van der Waals surface area contributed by atoms with Crippen molar-refractivity contribution in [1.29, 1.82) is 0 Å². The van der Waals surface area contributed by atoms with Gasteiger partial charge in [-0.2, -0.15) is 0 Å². The Labute approximate surface area is 137 Å². The summed E-state index contributed by atoms with van der Waals surface area (Å²) in [4.78, 5) is 12.0. The van der Waals surface area contributed by atoms with Gasteiger partial charge in [0.05, 0.1) is 13.2 Å². The van der Waals surface area contributed by atoms with Crippen LogP contribution in [0.3, 0.4) is 0 Å². The minimum absolute atomic E-state index is 0.00592. The van der Waals surface area contributed by atoms with Crippen LogP contribution in [0.1, 0.15) is 31.0 Å². The highest BCUT2D eigenvalue weighted by atomic mass is 16.5. The van der Waals surface area contributed by atoms with Crippen LogP contribution in [0.2, 0.25) is 0 Å². The Morgan fingerprint density at radius 3 is 2.22 bits per heavy atom. The lowest BCUT2D eigenvalue weighted by molar-refractivity contribution is -0.123. The van der Waals surface area contributed by atoms with Gasteiger partial charge in [0.1, 0.15) is 11.5 Å². The molecule has 1 atom stereocenters. The van der Waals surface area contributed by atoms with Crippen molar-refractivity contribution in [2.45, 2.75) is 26.3 Å². The average molecular weight is 313 g/mol. The minimum Gasteiger partial charge on any atom is -0.497 e. The van der Waals surface area contributed by atoms with Crippen LogP contribution in [0.25, 0.3) is 0 Å². The van der Waals surface area contributed by atoms with Crippen LogP contribution in [0.5, 0.6) is 11.5 Å². The fourth-order valence-corrected chi connectivity index (χ4v) is 2.23. The topological polar surface area (TPSA) is 47.6 Å². The van der Waals surface area contributed by atoms with Crippen molar-refractivity contribution in [2.24, 2.45) is 0 Å². The largest absolute Gasteiger partial charge is 0.497 e. The molecule has 0 radical (unpaired) electrons. The molecule has 0 aliphatic rings. The lowest BCUT2D eigenvalue weighted by Gasteiger charge is -2.15. The molecule has 0 fully saturated rings. The summed E-state index contributed by atoms with van der Waals surface area (Å²) in [6, 6.07) is 15.3. The van der Waals surface area contributed by atoms with Crippen molar-refractivity contribution in [3.05, 3.63) is 59.7 Å². The van der Waals surface area contributed by atoms with Gasteiger partial charge in [-0.1, -0.05) is 31.2 Å². The van der Waals surface area contributed by atoms with Gasteiger partial charge < -0.3 is 14.8 Å². The number of ether oxygens (including phenoxy) is 2. The van der Waals surface area contributed by atoms with Crippen molar-refractivity contribution >= 4 is 5.91 Å². The van der Waals surface area contributed by atoms with Gasteiger partial charge in [0.2, 0.25) is 0 Å². The summed E-state index contributed by atoms with van der Waals surface area (Å²) in [6.45, 7) is 4.05. The molecule has 23 heavy (non-hydrogen) atoms. The first-order chi connectivity index (χ1) is 11.1. The van der Waals surface area contributed by atoms with E-state index in [1.165, 1.54) is 5.56 Å². The molecular formula is C19H23NO3. The molecule has 0 aliphatic heterocycles. The molecule has 0 saturated heterocycles. The Balaban J connectivity index is 1.83. The number of carbonyl (C=O) groups excluding carboxylic acids is 1. The van der Waals surface area contributed by atoms with Crippen LogP contribution < -0.4 is 14.8 Å². The van der Waals surface area contributed by atoms with Crippen molar-refractivity contribution in [3.63, 3.8) is 0 Å². The second-order valence-electron chi connectivity index (χ2n) is 5.35. The zero-order chi connectivity index (χ0) is 16.7. The quantitative estimate of drug-likeness (QED) is 0.851. The third-order valence-corrected chi connectivity index (χ3v) is 3.69. The molecule has 4 heteroatoms. The molecule has 0 heterocycles. The second kappa shape index (κ2) is 8.22. The number of nitrogens with one attached hydrogen (secondary N) is 1. The van der Waals surface area contributed by atoms with E-state index < -0.39 is 0 Å². The van der Waals surface area contributed by atoms with Gasteiger partial charge in [-0.25, -0.2) is 0 Å². The molecule has 0 aromatic heterocycles. The van der Waals surface area contributed by atoms with Gasteiger partial charge >= 0.3 is 0 Å². The third-order valence-electron chi connectivity index (χ3n) is 3.69. The Hall–Kier alpha value is -2.49. The summed E-state index contributed by atoms with van der Waals surface area (Å²) < 4.78 is 10.6. The highest BCUT2D eigenvalue weighted by molar-refractivity contribution is 5.78. The summed E-state index contributed by atoms with van der Waals surface area (Å²) >= 11 is 0. The van der Waals surface area contributed by atoms with Gasteiger partial charge in [-0.3, -0.25) is 4.79 Å². The molecule has 122 valence electrons. The number of rotatable bonds is 7. The van der Waals surface area contributed by atoms with E-state index in [9.17, 15) is 4.79 Å². The molecule has 0 unspecified atom stereocenters. The number of benzene rings is 2. The van der Waals surface area contributed by atoms with E-state index in [0.29, 0.717) is 5.75 Å². The van der Waals surface area contributed by atoms with Gasteiger partial charge in [-0.15, -0.1) is 0 Å². The number of carbonyl (C=O) groups is 1. The Morgan fingerprint density at radius 1 is 1.04 bits per heavy atom. The summed E-state index contributed by atoms with van der Waals surface area (Å²) in [7, 11) is 1.63. The van der Waals surface area contributed by atoms with Crippen LogP contribution in [-0.2, 0) is 11.2 Å². The van der Waals surface area contributed by atoms with Crippen LogP contribution in [0.4, 0.5) is 0 Å². The maximum absolute atomic E-state index is 12.0. The smallest absolute Gasteiger partial charge is 0.258 e. The molecular weight excluding hydrogens is 290 g/mol. The fourth-order valence-electron chi connectivity index (χ4n) is 2.23. The van der Waals surface area contributed by atoms with Crippen molar-refractivity contribution in [2.75, 3.05) is 13.7 Å². The van der Waals surface area contributed by atoms with E-state index in [-0.39, 0.29) is 18.6 Å². The predicted molar refractivity (Wildman–Crippen MR) is 90.9 cm³/mol. The fraction of sp³-hybridized carbons (Fsp3) is 0.316. The molecule has 0 spiro atoms. The number of aryl methyl sites for hydroxylation is 1. The first kappa shape index (κ1) is 16.9. The van der Waals surface area contributed by atoms with E-state index in [0.717, 1.165) is 17.7 Å². The van der Waals surface area contributed by atoms with E-state index in [2.05, 4.69) is 12.2 Å². The number of hydrogen-bond donors (Lipinski definition) is 1. The minimum atomic E-state index is -0.145.